The van der Waals surface area contributed by atoms with Gasteiger partial charge in [-0.25, -0.2) is 9.37 Å². The molecule has 7 heterocycles. The highest BCUT2D eigenvalue weighted by Crippen LogP contribution is 2.39. The van der Waals surface area contributed by atoms with E-state index in [1.54, 1.807) is 17.1 Å². The number of fused-ring (bicyclic) bond motifs is 4. The first-order valence-electron chi connectivity index (χ1n) is 13.3. The minimum Gasteiger partial charge on any atom is -0.508 e. The van der Waals surface area contributed by atoms with E-state index >= 15 is 0 Å². The lowest BCUT2D eigenvalue weighted by atomic mass is 9.74. The fraction of sp³-hybridized carbons (Fsp3) is 0.267. The minimum atomic E-state index is -0.354. The van der Waals surface area contributed by atoms with Crippen molar-refractivity contribution in [2.75, 3.05) is 6.54 Å². The maximum absolute atomic E-state index is 13.9. The van der Waals surface area contributed by atoms with E-state index in [1.807, 2.05) is 37.6 Å². The van der Waals surface area contributed by atoms with E-state index in [4.69, 9.17) is 4.98 Å². The van der Waals surface area contributed by atoms with Crippen LogP contribution in [0.1, 0.15) is 35.7 Å². The smallest absolute Gasteiger partial charge is 0.138 e. The van der Waals surface area contributed by atoms with E-state index in [-0.39, 0.29) is 29.2 Å². The molecule has 0 amide bonds. The van der Waals surface area contributed by atoms with Crippen LogP contribution in [-0.2, 0) is 13.5 Å². The van der Waals surface area contributed by atoms with Crippen molar-refractivity contribution in [2.24, 2.45) is 7.05 Å². The standard InChI is InChI=1S/C30H27FN8O/c1-39-15-20(14-36-39)25-9-22-27(19(11-32)13-34-29(22)37-25)17-2-4-23(33-12-17)28-24-6-7-30(38-28,16-35-24)10-18-8-21(31)3-5-26(18)40/h2-5,8-9,12-15,24,28,35,38,40H,6-7,10,16H2,1H3,(H,34,37). The number of piperidine rings is 2. The molecule has 10 heteroatoms. The molecule has 2 bridgehead atoms. The van der Waals surface area contributed by atoms with E-state index in [1.165, 1.54) is 18.2 Å². The van der Waals surface area contributed by atoms with Crippen LogP contribution in [-0.4, -0.2) is 48.0 Å². The third-order valence-electron chi connectivity index (χ3n) is 8.26. The van der Waals surface area contributed by atoms with Crippen molar-refractivity contribution in [3.63, 3.8) is 0 Å². The summed E-state index contributed by atoms with van der Waals surface area (Å²) in [6.07, 6.45) is 9.49. The third-order valence-corrected chi connectivity index (χ3v) is 8.26. The van der Waals surface area contributed by atoms with Gasteiger partial charge in [0.25, 0.3) is 0 Å². The van der Waals surface area contributed by atoms with Gasteiger partial charge in [-0.2, -0.15) is 10.4 Å². The van der Waals surface area contributed by atoms with Gasteiger partial charge in [0.1, 0.15) is 23.3 Å². The molecule has 8 rings (SSSR count). The van der Waals surface area contributed by atoms with Gasteiger partial charge in [-0.15, -0.1) is 0 Å². The Labute approximate surface area is 229 Å². The van der Waals surface area contributed by atoms with Crippen LogP contribution < -0.4 is 10.6 Å². The number of benzene rings is 1. The molecule has 3 aliphatic heterocycles. The number of phenols is 1. The Kier molecular flexibility index (Phi) is 5.66. The largest absolute Gasteiger partial charge is 0.508 e. The number of H-pyrrole nitrogens is 1. The van der Waals surface area contributed by atoms with Crippen LogP contribution in [0.15, 0.2) is 61.2 Å². The van der Waals surface area contributed by atoms with Crippen LogP contribution in [0, 0.1) is 17.1 Å². The lowest BCUT2D eigenvalue weighted by Crippen LogP contribution is -2.69. The molecule has 0 radical (unpaired) electrons. The highest BCUT2D eigenvalue weighted by atomic mass is 19.1. The van der Waals surface area contributed by atoms with Crippen LogP contribution in [0.25, 0.3) is 33.4 Å². The summed E-state index contributed by atoms with van der Waals surface area (Å²) < 4.78 is 15.7. The number of nitrogens with one attached hydrogen (secondary N) is 3. The van der Waals surface area contributed by atoms with Gasteiger partial charge < -0.3 is 20.7 Å². The Morgan fingerprint density at radius 2 is 2.05 bits per heavy atom. The van der Waals surface area contributed by atoms with Gasteiger partial charge in [-0.05, 0) is 55.2 Å². The number of nitriles is 1. The van der Waals surface area contributed by atoms with Gasteiger partial charge in [0.05, 0.1) is 29.2 Å². The van der Waals surface area contributed by atoms with Crippen molar-refractivity contribution in [2.45, 2.75) is 36.9 Å². The van der Waals surface area contributed by atoms with Gasteiger partial charge in [0.2, 0.25) is 0 Å². The molecular formula is C30H27FN8O. The van der Waals surface area contributed by atoms with Crippen LogP contribution in [0.3, 0.4) is 0 Å². The third kappa shape index (κ3) is 4.11. The normalized spacial score (nSPS) is 22.0. The summed E-state index contributed by atoms with van der Waals surface area (Å²) in [6.45, 7) is 0.732. The summed E-state index contributed by atoms with van der Waals surface area (Å²) in [4.78, 5) is 12.7. The molecule has 3 aliphatic rings. The van der Waals surface area contributed by atoms with Crippen molar-refractivity contribution >= 4 is 11.0 Å². The van der Waals surface area contributed by atoms with Crippen molar-refractivity contribution in [1.29, 1.82) is 5.26 Å². The number of piperazine rings is 1. The van der Waals surface area contributed by atoms with E-state index in [0.717, 1.165) is 52.9 Å². The van der Waals surface area contributed by atoms with Gasteiger partial charge in [0, 0.05) is 65.8 Å². The Morgan fingerprint density at radius 1 is 1.15 bits per heavy atom. The van der Waals surface area contributed by atoms with E-state index in [2.05, 4.69) is 31.8 Å². The first-order valence-corrected chi connectivity index (χ1v) is 13.3. The fourth-order valence-corrected chi connectivity index (χ4v) is 6.25. The molecule has 3 unspecified atom stereocenters. The molecule has 4 N–H and O–H groups in total. The molecule has 4 aromatic heterocycles. The van der Waals surface area contributed by atoms with Crippen molar-refractivity contribution < 1.29 is 9.50 Å². The number of aromatic amines is 1. The van der Waals surface area contributed by atoms with Crippen LogP contribution >= 0.6 is 0 Å². The maximum atomic E-state index is 13.9. The average molecular weight is 535 g/mol. The molecule has 0 saturated carbocycles. The summed E-state index contributed by atoms with van der Waals surface area (Å²) in [5, 5.41) is 32.7. The molecule has 3 saturated heterocycles. The molecule has 1 aromatic carbocycles. The average Bonchev–Trinajstić information content (AvgIpc) is 3.61. The summed E-state index contributed by atoms with van der Waals surface area (Å²) in [6, 6.07) is 12.6. The molecule has 3 atom stereocenters. The van der Waals surface area contributed by atoms with Crippen LogP contribution in [0.2, 0.25) is 0 Å². The van der Waals surface area contributed by atoms with Crippen LogP contribution in [0.5, 0.6) is 5.75 Å². The number of aryl methyl sites for hydroxylation is 1. The second-order valence-electron chi connectivity index (χ2n) is 10.9. The topological polar surface area (TPSA) is 127 Å². The van der Waals surface area contributed by atoms with Gasteiger partial charge in [-0.3, -0.25) is 9.67 Å². The molecule has 0 spiro atoms. The monoisotopic (exact) mass is 534 g/mol. The van der Waals surface area contributed by atoms with E-state index in [0.29, 0.717) is 23.2 Å². The quantitative estimate of drug-likeness (QED) is 0.267. The zero-order valence-electron chi connectivity index (χ0n) is 21.8. The summed E-state index contributed by atoms with van der Waals surface area (Å²) in [5.74, 6) is -0.245. The van der Waals surface area contributed by atoms with E-state index < -0.39 is 0 Å². The molecular weight excluding hydrogens is 507 g/mol. The number of rotatable bonds is 5. The highest BCUT2D eigenvalue weighted by Gasteiger charge is 2.46. The van der Waals surface area contributed by atoms with Gasteiger partial charge >= 0.3 is 0 Å². The minimum absolute atomic E-state index is 0.0374. The number of halogens is 1. The molecule has 0 aliphatic carbocycles. The lowest BCUT2D eigenvalue weighted by Gasteiger charge is -2.52. The van der Waals surface area contributed by atoms with Crippen molar-refractivity contribution in [3.05, 3.63) is 83.8 Å². The SMILES string of the molecule is Cn1cc(-c2cc3c(-c4ccc(C5NC6(Cc7cc(F)ccc7O)CCC5NC6)nc4)c(C#N)cnc3[nH]2)cn1. The molecule has 3 fully saturated rings. The number of hydrogen-bond acceptors (Lipinski definition) is 7. The zero-order valence-corrected chi connectivity index (χ0v) is 21.8. The number of nitrogens with zero attached hydrogens (tertiary/aromatic N) is 5. The number of aromatic nitrogens is 5. The Morgan fingerprint density at radius 3 is 2.77 bits per heavy atom. The summed E-state index contributed by atoms with van der Waals surface area (Å²) in [7, 11) is 1.87. The summed E-state index contributed by atoms with van der Waals surface area (Å²) in [5.41, 5.74) is 5.76. The molecule has 200 valence electrons. The van der Waals surface area contributed by atoms with Crippen LogP contribution in [0.4, 0.5) is 4.39 Å². The first kappa shape index (κ1) is 24.5. The van der Waals surface area contributed by atoms with Crippen molar-refractivity contribution in [3.8, 4) is 34.2 Å². The first-order chi connectivity index (χ1) is 19.4. The number of phenolic OH excluding ortho intramolecular Hbond substituents is 1. The predicted molar refractivity (Wildman–Crippen MR) is 148 cm³/mol. The Bertz CT molecular complexity index is 1780. The van der Waals surface area contributed by atoms with Gasteiger partial charge in [-0.1, -0.05) is 6.07 Å². The maximum Gasteiger partial charge on any atom is 0.138 e. The fourth-order valence-electron chi connectivity index (χ4n) is 6.25. The second-order valence-corrected chi connectivity index (χ2v) is 10.9. The predicted octanol–water partition coefficient (Wildman–Crippen LogP) is 4.12. The van der Waals surface area contributed by atoms with E-state index in [9.17, 15) is 14.8 Å². The Balaban J connectivity index is 1.20. The second kappa shape index (κ2) is 9.26. The number of pyridine rings is 2. The summed E-state index contributed by atoms with van der Waals surface area (Å²) >= 11 is 0. The molecule has 5 aromatic rings. The Hall–Kier alpha value is -4.59. The zero-order chi connectivity index (χ0) is 27.4. The lowest BCUT2D eigenvalue weighted by molar-refractivity contribution is 0.0992. The molecule has 9 nitrogen and oxygen atoms in total. The highest BCUT2D eigenvalue weighted by molar-refractivity contribution is 5.98. The number of aromatic hydroxyl groups is 1. The molecule has 40 heavy (non-hydrogen) atoms. The van der Waals surface area contributed by atoms with Crippen molar-refractivity contribution in [1.82, 2.24) is 35.4 Å². The van der Waals surface area contributed by atoms with Gasteiger partial charge in [0.15, 0.2) is 0 Å². The number of hydrogen-bond donors (Lipinski definition) is 4.